The van der Waals surface area contributed by atoms with Crippen molar-refractivity contribution in [2.45, 2.75) is 32.9 Å². The predicted octanol–water partition coefficient (Wildman–Crippen LogP) is 3.28. The van der Waals surface area contributed by atoms with E-state index in [9.17, 15) is 0 Å². The number of benzene rings is 1. The van der Waals surface area contributed by atoms with E-state index in [0.717, 1.165) is 5.56 Å². The van der Waals surface area contributed by atoms with Crippen molar-refractivity contribution >= 4 is 11.6 Å². The molecule has 18 heavy (non-hydrogen) atoms. The smallest absolute Gasteiger partial charge is 0.240 e. The minimum absolute atomic E-state index is 0.0185. The molecular formula is C13H16ClN3O. The summed E-state index contributed by atoms with van der Waals surface area (Å²) in [5.74, 6) is 1.13. The Labute approximate surface area is 111 Å². The standard InChI is InChI=1S/C13H16ClN3O/c1-13(2,3)15-8-11-16-12(17-18-11)9-5-4-6-10(14)7-9/h4-7,15H,8H2,1-3H3. The van der Waals surface area contributed by atoms with E-state index in [-0.39, 0.29) is 5.54 Å². The van der Waals surface area contributed by atoms with Crippen molar-refractivity contribution in [3.63, 3.8) is 0 Å². The predicted molar refractivity (Wildman–Crippen MR) is 71.3 cm³/mol. The quantitative estimate of drug-likeness (QED) is 0.925. The van der Waals surface area contributed by atoms with E-state index in [0.29, 0.717) is 23.3 Å². The molecule has 1 N–H and O–H groups in total. The first kappa shape index (κ1) is 13.1. The minimum Gasteiger partial charge on any atom is -0.338 e. The molecule has 0 amide bonds. The van der Waals surface area contributed by atoms with E-state index in [1.165, 1.54) is 0 Å². The molecule has 1 aromatic heterocycles. The van der Waals surface area contributed by atoms with Gasteiger partial charge in [-0.05, 0) is 32.9 Å². The first-order chi connectivity index (χ1) is 8.44. The molecular weight excluding hydrogens is 250 g/mol. The highest BCUT2D eigenvalue weighted by Gasteiger charge is 2.13. The average molecular weight is 266 g/mol. The summed E-state index contributed by atoms with van der Waals surface area (Å²) in [7, 11) is 0. The zero-order chi connectivity index (χ0) is 13.2. The van der Waals surface area contributed by atoms with E-state index >= 15 is 0 Å². The Hall–Kier alpha value is -1.39. The maximum Gasteiger partial charge on any atom is 0.240 e. The Morgan fingerprint density at radius 2 is 2.11 bits per heavy atom. The zero-order valence-electron chi connectivity index (χ0n) is 10.7. The van der Waals surface area contributed by atoms with Gasteiger partial charge in [-0.1, -0.05) is 28.9 Å². The van der Waals surface area contributed by atoms with Crippen LogP contribution in [0.25, 0.3) is 11.4 Å². The molecule has 0 fully saturated rings. The molecule has 0 saturated carbocycles. The van der Waals surface area contributed by atoms with Crippen molar-refractivity contribution in [1.29, 1.82) is 0 Å². The Morgan fingerprint density at radius 1 is 1.33 bits per heavy atom. The average Bonchev–Trinajstić information content (AvgIpc) is 2.74. The van der Waals surface area contributed by atoms with Gasteiger partial charge in [0.2, 0.25) is 11.7 Å². The molecule has 0 saturated heterocycles. The van der Waals surface area contributed by atoms with Crippen molar-refractivity contribution in [2.24, 2.45) is 0 Å². The second-order valence-corrected chi connectivity index (χ2v) is 5.56. The van der Waals surface area contributed by atoms with Crippen LogP contribution in [0.2, 0.25) is 5.02 Å². The number of halogens is 1. The molecule has 0 aliphatic rings. The van der Waals surface area contributed by atoms with Crippen LogP contribution in [0.5, 0.6) is 0 Å². The summed E-state index contributed by atoms with van der Waals surface area (Å²) < 4.78 is 5.19. The van der Waals surface area contributed by atoms with Crippen LogP contribution in [0.1, 0.15) is 26.7 Å². The summed E-state index contributed by atoms with van der Waals surface area (Å²) in [6.07, 6.45) is 0. The van der Waals surface area contributed by atoms with Crippen molar-refractivity contribution < 1.29 is 4.52 Å². The molecule has 1 heterocycles. The molecule has 2 rings (SSSR count). The van der Waals surface area contributed by atoms with Gasteiger partial charge < -0.3 is 9.84 Å². The van der Waals surface area contributed by atoms with Crippen LogP contribution in [0.15, 0.2) is 28.8 Å². The van der Waals surface area contributed by atoms with Gasteiger partial charge in [-0.15, -0.1) is 0 Å². The van der Waals surface area contributed by atoms with E-state index in [1.54, 1.807) is 0 Å². The Morgan fingerprint density at radius 3 is 2.78 bits per heavy atom. The van der Waals surface area contributed by atoms with Crippen LogP contribution in [0.3, 0.4) is 0 Å². The lowest BCUT2D eigenvalue weighted by molar-refractivity contribution is 0.336. The summed E-state index contributed by atoms with van der Waals surface area (Å²) in [5.41, 5.74) is 0.873. The normalized spacial score (nSPS) is 11.8. The lowest BCUT2D eigenvalue weighted by Gasteiger charge is -2.18. The highest BCUT2D eigenvalue weighted by Crippen LogP contribution is 2.19. The summed E-state index contributed by atoms with van der Waals surface area (Å²) >= 11 is 5.92. The van der Waals surface area contributed by atoms with Gasteiger partial charge in [0.25, 0.3) is 0 Å². The topological polar surface area (TPSA) is 51.0 Å². The van der Waals surface area contributed by atoms with Gasteiger partial charge in [0, 0.05) is 16.1 Å². The molecule has 4 nitrogen and oxygen atoms in total. The van der Waals surface area contributed by atoms with E-state index in [4.69, 9.17) is 16.1 Å². The molecule has 0 radical (unpaired) electrons. The van der Waals surface area contributed by atoms with Gasteiger partial charge >= 0.3 is 0 Å². The summed E-state index contributed by atoms with van der Waals surface area (Å²) in [4.78, 5) is 4.33. The van der Waals surface area contributed by atoms with Crippen molar-refractivity contribution in [1.82, 2.24) is 15.5 Å². The molecule has 1 aromatic carbocycles. The third-order valence-corrected chi connectivity index (χ3v) is 2.56. The number of nitrogens with one attached hydrogen (secondary N) is 1. The van der Waals surface area contributed by atoms with E-state index < -0.39 is 0 Å². The first-order valence-electron chi connectivity index (χ1n) is 5.77. The molecule has 0 bridgehead atoms. The van der Waals surface area contributed by atoms with Gasteiger partial charge in [-0.3, -0.25) is 0 Å². The lowest BCUT2D eigenvalue weighted by Crippen LogP contribution is -2.35. The third-order valence-electron chi connectivity index (χ3n) is 2.32. The van der Waals surface area contributed by atoms with Crippen LogP contribution in [0, 0.1) is 0 Å². The molecule has 96 valence electrons. The summed E-state index contributed by atoms with van der Waals surface area (Å²) in [5, 5.41) is 7.89. The fourth-order valence-corrected chi connectivity index (χ4v) is 1.60. The summed E-state index contributed by atoms with van der Waals surface area (Å²) in [6.45, 7) is 6.81. The van der Waals surface area contributed by atoms with Crippen molar-refractivity contribution in [3.05, 3.63) is 35.2 Å². The monoisotopic (exact) mass is 265 g/mol. The third kappa shape index (κ3) is 3.55. The minimum atomic E-state index is 0.0185. The van der Waals surface area contributed by atoms with E-state index in [1.807, 2.05) is 24.3 Å². The molecule has 5 heteroatoms. The first-order valence-corrected chi connectivity index (χ1v) is 6.15. The van der Waals surface area contributed by atoms with Crippen LogP contribution in [-0.4, -0.2) is 15.7 Å². The molecule has 0 atom stereocenters. The van der Waals surface area contributed by atoms with Gasteiger partial charge in [-0.25, -0.2) is 0 Å². The fraction of sp³-hybridized carbons (Fsp3) is 0.385. The van der Waals surface area contributed by atoms with Crippen molar-refractivity contribution in [2.75, 3.05) is 0 Å². The molecule has 2 aromatic rings. The highest BCUT2D eigenvalue weighted by molar-refractivity contribution is 6.30. The van der Waals surface area contributed by atoms with Crippen LogP contribution >= 0.6 is 11.6 Å². The highest BCUT2D eigenvalue weighted by atomic mass is 35.5. The van der Waals surface area contributed by atoms with Gasteiger partial charge in [0.1, 0.15) is 0 Å². The maximum atomic E-state index is 5.92. The van der Waals surface area contributed by atoms with Crippen LogP contribution in [-0.2, 0) is 6.54 Å². The zero-order valence-corrected chi connectivity index (χ0v) is 11.5. The Bertz CT molecular complexity index is 531. The Kier molecular flexibility index (Phi) is 3.68. The summed E-state index contributed by atoms with van der Waals surface area (Å²) in [6, 6.07) is 7.39. The maximum absolute atomic E-state index is 5.92. The fourth-order valence-electron chi connectivity index (χ4n) is 1.41. The molecule has 0 unspecified atom stereocenters. The molecule has 0 aliphatic carbocycles. The molecule has 0 aliphatic heterocycles. The number of rotatable bonds is 3. The van der Waals surface area contributed by atoms with E-state index in [2.05, 4.69) is 36.2 Å². The SMILES string of the molecule is CC(C)(C)NCc1nc(-c2cccc(Cl)c2)no1. The number of hydrogen-bond acceptors (Lipinski definition) is 4. The second-order valence-electron chi connectivity index (χ2n) is 5.13. The second kappa shape index (κ2) is 5.08. The van der Waals surface area contributed by atoms with Crippen LogP contribution in [0.4, 0.5) is 0 Å². The Balaban J connectivity index is 2.11. The number of nitrogens with zero attached hydrogens (tertiary/aromatic N) is 2. The lowest BCUT2D eigenvalue weighted by atomic mass is 10.1. The number of hydrogen-bond donors (Lipinski definition) is 1. The number of aromatic nitrogens is 2. The largest absolute Gasteiger partial charge is 0.338 e. The molecule has 0 spiro atoms. The van der Waals surface area contributed by atoms with Gasteiger partial charge in [-0.2, -0.15) is 4.98 Å². The van der Waals surface area contributed by atoms with Crippen LogP contribution < -0.4 is 5.32 Å². The van der Waals surface area contributed by atoms with Gasteiger partial charge in [0.15, 0.2) is 0 Å². The van der Waals surface area contributed by atoms with Crippen molar-refractivity contribution in [3.8, 4) is 11.4 Å². The van der Waals surface area contributed by atoms with Gasteiger partial charge in [0.05, 0.1) is 6.54 Å².